The standard InChI is InChI=1S/C23H23ClN2O5S/c1-15-4-5-16(2)21(12-15)31-14-23(27)25-19-10-11-20(30-3)22(13-19)32(28,29)26-18-8-6-17(24)7-9-18/h4-13,26H,14H2,1-3H3,(H,25,27). The molecule has 0 aliphatic carbocycles. The summed E-state index contributed by atoms with van der Waals surface area (Å²) in [6.07, 6.45) is 0. The Morgan fingerprint density at radius 3 is 2.31 bits per heavy atom. The third kappa shape index (κ3) is 5.93. The second-order valence-electron chi connectivity index (χ2n) is 7.08. The Labute approximate surface area is 192 Å². The average Bonchev–Trinajstić information content (AvgIpc) is 2.76. The number of nitrogens with one attached hydrogen (secondary N) is 2. The molecule has 32 heavy (non-hydrogen) atoms. The number of carbonyl (C=O) groups excluding carboxylic acids is 1. The maximum absolute atomic E-state index is 12.9. The zero-order chi connectivity index (χ0) is 23.3. The lowest BCUT2D eigenvalue weighted by molar-refractivity contribution is -0.118. The van der Waals surface area contributed by atoms with E-state index in [9.17, 15) is 13.2 Å². The van der Waals surface area contributed by atoms with Crippen LogP contribution in [-0.2, 0) is 14.8 Å². The highest BCUT2D eigenvalue weighted by Gasteiger charge is 2.21. The van der Waals surface area contributed by atoms with Gasteiger partial charge < -0.3 is 14.8 Å². The predicted molar refractivity (Wildman–Crippen MR) is 125 cm³/mol. The zero-order valence-corrected chi connectivity index (χ0v) is 19.4. The zero-order valence-electron chi connectivity index (χ0n) is 17.8. The van der Waals surface area contributed by atoms with Gasteiger partial charge in [0, 0.05) is 16.4 Å². The third-order valence-electron chi connectivity index (χ3n) is 4.54. The number of anilines is 2. The number of amides is 1. The van der Waals surface area contributed by atoms with E-state index < -0.39 is 15.9 Å². The largest absolute Gasteiger partial charge is 0.495 e. The summed E-state index contributed by atoms with van der Waals surface area (Å²) >= 11 is 5.85. The Morgan fingerprint density at radius 1 is 0.938 bits per heavy atom. The monoisotopic (exact) mass is 474 g/mol. The molecular weight excluding hydrogens is 452 g/mol. The Balaban J connectivity index is 1.75. The number of benzene rings is 3. The van der Waals surface area contributed by atoms with E-state index in [1.165, 1.54) is 19.2 Å². The van der Waals surface area contributed by atoms with Gasteiger partial charge in [0.1, 0.15) is 16.4 Å². The van der Waals surface area contributed by atoms with E-state index in [0.29, 0.717) is 16.5 Å². The summed E-state index contributed by atoms with van der Waals surface area (Å²) in [4.78, 5) is 12.3. The molecule has 0 aliphatic heterocycles. The van der Waals surface area contributed by atoms with Gasteiger partial charge in [-0.3, -0.25) is 9.52 Å². The number of hydrogen-bond donors (Lipinski definition) is 2. The molecule has 0 saturated carbocycles. The minimum absolute atomic E-state index is 0.122. The Hall–Kier alpha value is -3.23. The number of halogens is 1. The minimum Gasteiger partial charge on any atom is -0.495 e. The Kier molecular flexibility index (Phi) is 7.27. The fourth-order valence-corrected chi connectivity index (χ4v) is 4.28. The van der Waals surface area contributed by atoms with Crippen molar-refractivity contribution in [3.8, 4) is 11.5 Å². The van der Waals surface area contributed by atoms with Crippen LogP contribution in [0.15, 0.2) is 65.6 Å². The molecule has 0 unspecified atom stereocenters. The van der Waals surface area contributed by atoms with Crippen molar-refractivity contribution in [1.82, 2.24) is 0 Å². The van der Waals surface area contributed by atoms with Crippen LogP contribution in [0.3, 0.4) is 0 Å². The van der Waals surface area contributed by atoms with E-state index >= 15 is 0 Å². The summed E-state index contributed by atoms with van der Waals surface area (Å²) in [7, 11) is -2.63. The Morgan fingerprint density at radius 2 is 1.62 bits per heavy atom. The molecule has 168 valence electrons. The van der Waals surface area contributed by atoms with Crippen molar-refractivity contribution >= 4 is 38.9 Å². The molecule has 0 aliphatic rings. The lowest BCUT2D eigenvalue weighted by Gasteiger charge is -2.14. The molecule has 3 aromatic carbocycles. The maximum atomic E-state index is 12.9. The van der Waals surface area contributed by atoms with Gasteiger partial charge in [-0.1, -0.05) is 23.7 Å². The SMILES string of the molecule is COc1ccc(NC(=O)COc2cc(C)ccc2C)cc1S(=O)(=O)Nc1ccc(Cl)cc1. The van der Waals surface area contributed by atoms with Crippen molar-refractivity contribution in [3.63, 3.8) is 0 Å². The summed E-state index contributed by atoms with van der Waals surface area (Å²) in [6.45, 7) is 3.60. The van der Waals surface area contributed by atoms with E-state index in [2.05, 4.69) is 10.0 Å². The molecule has 7 nitrogen and oxygen atoms in total. The molecule has 0 bridgehead atoms. The van der Waals surface area contributed by atoms with Crippen LogP contribution in [0.25, 0.3) is 0 Å². The van der Waals surface area contributed by atoms with Gasteiger partial charge in [-0.05, 0) is 73.5 Å². The number of methoxy groups -OCH3 is 1. The van der Waals surface area contributed by atoms with Gasteiger partial charge in [-0.2, -0.15) is 0 Å². The first kappa shape index (κ1) is 23.4. The van der Waals surface area contributed by atoms with Gasteiger partial charge in [0.15, 0.2) is 6.61 Å². The van der Waals surface area contributed by atoms with Gasteiger partial charge in [0.25, 0.3) is 15.9 Å². The summed E-state index contributed by atoms with van der Waals surface area (Å²) in [5, 5.41) is 3.14. The molecule has 0 spiro atoms. The molecule has 0 saturated heterocycles. The van der Waals surface area contributed by atoms with Crippen molar-refractivity contribution in [3.05, 3.63) is 76.8 Å². The van der Waals surface area contributed by atoms with E-state index in [1.54, 1.807) is 30.3 Å². The van der Waals surface area contributed by atoms with Crippen LogP contribution < -0.4 is 19.5 Å². The number of carbonyl (C=O) groups is 1. The molecule has 0 heterocycles. The van der Waals surface area contributed by atoms with E-state index in [-0.39, 0.29) is 22.9 Å². The lowest BCUT2D eigenvalue weighted by Crippen LogP contribution is -2.21. The van der Waals surface area contributed by atoms with Crippen LogP contribution in [0.4, 0.5) is 11.4 Å². The number of sulfonamides is 1. The number of ether oxygens (including phenoxy) is 2. The molecule has 0 fully saturated rings. The van der Waals surface area contributed by atoms with Gasteiger partial charge in [-0.25, -0.2) is 8.42 Å². The smallest absolute Gasteiger partial charge is 0.265 e. The summed E-state index contributed by atoms with van der Waals surface area (Å²) in [6, 6.07) is 16.3. The van der Waals surface area contributed by atoms with Crippen molar-refractivity contribution in [2.45, 2.75) is 18.7 Å². The van der Waals surface area contributed by atoms with Gasteiger partial charge in [-0.15, -0.1) is 0 Å². The van der Waals surface area contributed by atoms with E-state index in [0.717, 1.165) is 11.1 Å². The molecule has 2 N–H and O–H groups in total. The van der Waals surface area contributed by atoms with Gasteiger partial charge in [0.2, 0.25) is 0 Å². The van der Waals surface area contributed by atoms with E-state index in [4.69, 9.17) is 21.1 Å². The van der Waals surface area contributed by atoms with Crippen LogP contribution in [0, 0.1) is 13.8 Å². The molecule has 1 amide bonds. The number of rotatable bonds is 8. The molecule has 0 radical (unpaired) electrons. The van der Waals surface area contributed by atoms with Crippen LogP contribution >= 0.6 is 11.6 Å². The van der Waals surface area contributed by atoms with Crippen molar-refractivity contribution in [1.29, 1.82) is 0 Å². The summed E-state index contributed by atoms with van der Waals surface area (Å²) in [5.74, 6) is 0.325. The van der Waals surface area contributed by atoms with Crippen LogP contribution in [0.5, 0.6) is 11.5 Å². The van der Waals surface area contributed by atoms with Crippen molar-refractivity contribution in [2.24, 2.45) is 0 Å². The quantitative estimate of drug-likeness (QED) is 0.490. The molecular formula is C23H23ClN2O5S. The average molecular weight is 475 g/mol. The topological polar surface area (TPSA) is 93.7 Å². The van der Waals surface area contributed by atoms with Gasteiger partial charge >= 0.3 is 0 Å². The highest BCUT2D eigenvalue weighted by molar-refractivity contribution is 7.92. The third-order valence-corrected chi connectivity index (χ3v) is 6.19. The fraction of sp³-hybridized carbons (Fsp3) is 0.174. The maximum Gasteiger partial charge on any atom is 0.265 e. The molecule has 0 atom stereocenters. The van der Waals surface area contributed by atoms with E-state index in [1.807, 2.05) is 32.0 Å². The molecule has 3 aromatic rings. The fourth-order valence-electron chi connectivity index (χ4n) is 2.90. The Bertz CT molecular complexity index is 1230. The number of hydrogen-bond acceptors (Lipinski definition) is 5. The molecule has 0 aromatic heterocycles. The number of aryl methyl sites for hydroxylation is 2. The first-order valence-corrected chi connectivity index (χ1v) is 11.5. The molecule has 3 rings (SSSR count). The second kappa shape index (κ2) is 9.93. The highest BCUT2D eigenvalue weighted by atomic mass is 35.5. The van der Waals surface area contributed by atoms with Crippen LogP contribution in [0.2, 0.25) is 5.02 Å². The normalized spacial score (nSPS) is 11.0. The second-order valence-corrected chi connectivity index (χ2v) is 9.17. The summed E-state index contributed by atoms with van der Waals surface area (Å²) in [5.41, 5.74) is 2.56. The van der Waals surface area contributed by atoms with Gasteiger partial charge in [0.05, 0.1) is 7.11 Å². The minimum atomic E-state index is -3.99. The first-order chi connectivity index (χ1) is 15.2. The summed E-state index contributed by atoms with van der Waals surface area (Å²) < 4.78 is 39.1. The molecule has 9 heteroatoms. The lowest BCUT2D eigenvalue weighted by atomic mass is 10.1. The first-order valence-electron chi connectivity index (χ1n) is 9.64. The predicted octanol–water partition coefficient (Wildman–Crippen LogP) is 4.78. The van der Waals surface area contributed by atoms with Crippen molar-refractivity contribution < 1.29 is 22.7 Å². The van der Waals surface area contributed by atoms with Crippen LogP contribution in [0.1, 0.15) is 11.1 Å². The van der Waals surface area contributed by atoms with Crippen LogP contribution in [-0.4, -0.2) is 28.0 Å². The highest BCUT2D eigenvalue weighted by Crippen LogP contribution is 2.29. The van der Waals surface area contributed by atoms with Crippen molar-refractivity contribution in [2.75, 3.05) is 23.8 Å².